The molecule has 0 amide bonds. The van der Waals surface area contributed by atoms with E-state index in [0.29, 0.717) is 4.47 Å². The fourth-order valence-electron chi connectivity index (χ4n) is 1.48. The molecule has 0 atom stereocenters. The molecule has 0 aromatic heterocycles. The normalized spacial score (nSPS) is 15.2. The summed E-state index contributed by atoms with van der Waals surface area (Å²) < 4.78 is 15.2. The Kier molecular flexibility index (Phi) is 2.56. The summed E-state index contributed by atoms with van der Waals surface area (Å²) in [4.78, 5) is 0. The van der Waals surface area contributed by atoms with E-state index in [-0.39, 0.29) is 5.82 Å². The summed E-state index contributed by atoms with van der Waals surface area (Å²) in [5, 5.41) is 0. The smallest absolute Gasteiger partial charge is 0.141 e. The fraction of sp³-hybridized carbons (Fsp3) is 0.200. The van der Waals surface area contributed by atoms with Crippen LogP contribution in [-0.2, 0) is 6.42 Å². The maximum absolute atomic E-state index is 13.5. The van der Waals surface area contributed by atoms with Crippen LogP contribution in [0.15, 0.2) is 21.1 Å². The van der Waals surface area contributed by atoms with Crippen molar-refractivity contribution in [1.82, 2.24) is 0 Å². The van der Waals surface area contributed by atoms with E-state index in [0.717, 1.165) is 28.5 Å². The van der Waals surface area contributed by atoms with Crippen molar-refractivity contribution < 1.29 is 4.39 Å². The molecule has 1 aromatic rings. The Labute approximate surface area is 93.1 Å². The molecule has 2 rings (SSSR count). The zero-order valence-electron chi connectivity index (χ0n) is 6.78. The van der Waals surface area contributed by atoms with Gasteiger partial charge in [-0.3, -0.25) is 0 Å². The first-order chi connectivity index (χ1) is 6.18. The molecule has 0 N–H and O–H groups in total. The van der Waals surface area contributed by atoms with Gasteiger partial charge in [-0.1, -0.05) is 22.0 Å². The van der Waals surface area contributed by atoms with E-state index in [1.54, 1.807) is 6.07 Å². The predicted octanol–water partition coefficient (Wildman–Crippen LogP) is 4.27. The first-order valence-corrected chi connectivity index (χ1v) is 5.60. The molecule has 0 bridgehead atoms. The summed E-state index contributed by atoms with van der Waals surface area (Å²) in [6.45, 7) is 0. The molecule has 0 spiro atoms. The lowest BCUT2D eigenvalue weighted by molar-refractivity contribution is 0.601. The molecule has 3 heteroatoms. The summed E-state index contributed by atoms with van der Waals surface area (Å²) in [5.41, 5.74) is 1.80. The van der Waals surface area contributed by atoms with E-state index in [4.69, 9.17) is 0 Å². The fourth-order valence-corrected chi connectivity index (χ4v) is 2.30. The molecular weight excluding hydrogens is 299 g/mol. The van der Waals surface area contributed by atoms with Gasteiger partial charge in [0, 0.05) is 0 Å². The van der Waals surface area contributed by atoms with Gasteiger partial charge in [0.25, 0.3) is 0 Å². The quantitative estimate of drug-likeness (QED) is 0.671. The number of benzene rings is 1. The number of hydrogen-bond acceptors (Lipinski definition) is 0. The average Bonchev–Trinajstić information content (AvgIpc) is 2.12. The predicted molar refractivity (Wildman–Crippen MR) is 59.3 cm³/mol. The van der Waals surface area contributed by atoms with E-state index >= 15 is 0 Å². The topological polar surface area (TPSA) is 0 Å². The van der Waals surface area contributed by atoms with Crippen LogP contribution in [0.4, 0.5) is 4.39 Å². The van der Waals surface area contributed by atoms with Gasteiger partial charge in [0.05, 0.1) is 4.47 Å². The lowest BCUT2D eigenvalue weighted by Crippen LogP contribution is -2.00. The van der Waals surface area contributed by atoms with Gasteiger partial charge in [-0.25, -0.2) is 4.39 Å². The second kappa shape index (κ2) is 3.54. The number of fused-ring (bicyclic) bond motifs is 1. The Hall–Kier alpha value is -0.150. The van der Waals surface area contributed by atoms with Crippen molar-refractivity contribution in [3.8, 4) is 0 Å². The lowest BCUT2D eigenvalue weighted by Gasteiger charge is -2.14. The van der Waals surface area contributed by atoms with Crippen LogP contribution < -0.4 is 0 Å². The van der Waals surface area contributed by atoms with Gasteiger partial charge in [-0.15, -0.1) is 0 Å². The molecule has 0 aliphatic heterocycles. The number of hydrogen-bond donors (Lipinski definition) is 0. The minimum absolute atomic E-state index is 0.117. The van der Waals surface area contributed by atoms with Crippen LogP contribution in [0.25, 0.3) is 6.08 Å². The molecule has 1 aromatic carbocycles. The number of rotatable bonds is 0. The van der Waals surface area contributed by atoms with E-state index < -0.39 is 0 Å². The highest BCUT2D eigenvalue weighted by atomic mass is 79.9. The number of halogens is 3. The highest BCUT2D eigenvalue weighted by Gasteiger charge is 2.14. The summed E-state index contributed by atoms with van der Waals surface area (Å²) >= 11 is 6.61. The van der Waals surface area contributed by atoms with Crippen LogP contribution in [0.3, 0.4) is 0 Å². The van der Waals surface area contributed by atoms with Gasteiger partial charge in [0.2, 0.25) is 0 Å². The van der Waals surface area contributed by atoms with Crippen LogP contribution in [0, 0.1) is 5.82 Å². The van der Waals surface area contributed by atoms with Crippen molar-refractivity contribution >= 4 is 37.9 Å². The Bertz CT molecular complexity index is 383. The molecule has 1 aliphatic rings. The first-order valence-electron chi connectivity index (χ1n) is 4.01. The van der Waals surface area contributed by atoms with E-state index in [9.17, 15) is 4.39 Å². The van der Waals surface area contributed by atoms with Crippen molar-refractivity contribution in [2.45, 2.75) is 12.8 Å². The molecular formula is C10H7Br2F. The van der Waals surface area contributed by atoms with E-state index in [1.807, 2.05) is 12.1 Å². The summed E-state index contributed by atoms with van der Waals surface area (Å²) in [7, 11) is 0. The van der Waals surface area contributed by atoms with Crippen molar-refractivity contribution in [2.75, 3.05) is 0 Å². The van der Waals surface area contributed by atoms with Crippen molar-refractivity contribution in [1.29, 1.82) is 0 Å². The lowest BCUT2D eigenvalue weighted by atomic mass is 9.97. The van der Waals surface area contributed by atoms with Crippen molar-refractivity contribution in [3.63, 3.8) is 0 Å². The van der Waals surface area contributed by atoms with Gasteiger partial charge in [-0.05, 0) is 56.5 Å². The van der Waals surface area contributed by atoms with Gasteiger partial charge in [0.1, 0.15) is 5.82 Å². The SMILES string of the molecule is Fc1c(Br)ccc2c1CCC(Br)=C2. The van der Waals surface area contributed by atoms with Gasteiger partial charge >= 0.3 is 0 Å². The molecule has 68 valence electrons. The zero-order chi connectivity index (χ0) is 9.42. The molecule has 1 aliphatic carbocycles. The molecule has 0 fully saturated rings. The maximum atomic E-state index is 13.5. The van der Waals surface area contributed by atoms with Crippen LogP contribution in [0.1, 0.15) is 17.5 Å². The standard InChI is InChI=1S/C10H7Br2F/c11-7-2-3-8-6(5-7)1-4-9(12)10(8)13/h1,4-5H,2-3H2. The Morgan fingerprint density at radius 1 is 1.15 bits per heavy atom. The molecule has 0 saturated heterocycles. The third-order valence-corrected chi connectivity index (χ3v) is 3.40. The largest absolute Gasteiger partial charge is 0.205 e. The highest BCUT2D eigenvalue weighted by molar-refractivity contribution is 9.11. The Morgan fingerprint density at radius 3 is 2.69 bits per heavy atom. The molecule has 0 heterocycles. The molecule has 0 unspecified atom stereocenters. The Morgan fingerprint density at radius 2 is 1.92 bits per heavy atom. The number of allylic oxidation sites excluding steroid dienone is 1. The van der Waals surface area contributed by atoms with Gasteiger partial charge in [0.15, 0.2) is 0 Å². The summed E-state index contributed by atoms with van der Waals surface area (Å²) in [6, 6.07) is 3.68. The third kappa shape index (κ3) is 1.72. The third-order valence-electron chi connectivity index (χ3n) is 2.16. The second-order valence-corrected chi connectivity index (χ2v) is 4.89. The molecule has 0 saturated carbocycles. The summed E-state index contributed by atoms with van der Waals surface area (Å²) in [6.07, 6.45) is 3.65. The monoisotopic (exact) mass is 304 g/mol. The minimum Gasteiger partial charge on any atom is -0.205 e. The van der Waals surface area contributed by atoms with Crippen LogP contribution in [-0.4, -0.2) is 0 Å². The van der Waals surface area contributed by atoms with Crippen LogP contribution in [0.5, 0.6) is 0 Å². The summed E-state index contributed by atoms with van der Waals surface area (Å²) in [5.74, 6) is -0.117. The van der Waals surface area contributed by atoms with Gasteiger partial charge in [-0.2, -0.15) is 0 Å². The van der Waals surface area contributed by atoms with E-state index in [1.165, 1.54) is 0 Å². The molecule has 0 nitrogen and oxygen atoms in total. The van der Waals surface area contributed by atoms with Gasteiger partial charge < -0.3 is 0 Å². The van der Waals surface area contributed by atoms with Crippen LogP contribution >= 0.6 is 31.9 Å². The minimum atomic E-state index is -0.117. The van der Waals surface area contributed by atoms with Crippen molar-refractivity contribution in [3.05, 3.63) is 38.0 Å². The first kappa shape index (κ1) is 9.41. The van der Waals surface area contributed by atoms with Crippen LogP contribution in [0.2, 0.25) is 0 Å². The molecule has 0 radical (unpaired) electrons. The maximum Gasteiger partial charge on any atom is 0.141 e. The Balaban J connectivity index is 2.61. The molecule has 13 heavy (non-hydrogen) atoms. The average molecular weight is 306 g/mol. The van der Waals surface area contributed by atoms with Crippen molar-refractivity contribution in [2.24, 2.45) is 0 Å². The zero-order valence-corrected chi connectivity index (χ0v) is 9.95. The highest BCUT2D eigenvalue weighted by Crippen LogP contribution is 2.31. The van der Waals surface area contributed by atoms with E-state index in [2.05, 4.69) is 31.9 Å². The second-order valence-electron chi connectivity index (χ2n) is 3.02.